The molecule has 146 valence electrons. The molecule has 0 amide bonds. The molecule has 0 radical (unpaired) electrons. The van der Waals surface area contributed by atoms with E-state index in [0.29, 0.717) is 30.8 Å². The molecule has 0 aliphatic carbocycles. The summed E-state index contributed by atoms with van der Waals surface area (Å²) < 4.78 is 67.0. The number of sulfonamides is 2. The van der Waals surface area contributed by atoms with Gasteiger partial charge in [0.2, 0.25) is 10.0 Å². The van der Waals surface area contributed by atoms with Crippen LogP contribution in [0.15, 0.2) is 47.4 Å². The van der Waals surface area contributed by atoms with E-state index < -0.39 is 31.1 Å². The molecule has 0 saturated carbocycles. The Morgan fingerprint density at radius 1 is 1.04 bits per heavy atom. The van der Waals surface area contributed by atoms with E-state index in [0.717, 1.165) is 17.7 Å². The Labute approximate surface area is 159 Å². The number of benzene rings is 2. The molecule has 9 heteroatoms. The van der Waals surface area contributed by atoms with Gasteiger partial charge in [0.15, 0.2) is 0 Å². The van der Waals surface area contributed by atoms with Gasteiger partial charge in [-0.3, -0.25) is 9.03 Å². The first kappa shape index (κ1) is 19.6. The maximum Gasteiger partial charge on any atom is 0.264 e. The Bertz CT molecular complexity index is 1050. The van der Waals surface area contributed by atoms with Crippen molar-refractivity contribution in [1.82, 2.24) is 0 Å². The lowest BCUT2D eigenvalue weighted by molar-refractivity contribution is 0.585. The summed E-state index contributed by atoms with van der Waals surface area (Å²) in [6, 6.07) is 9.53. The molecule has 0 spiro atoms. The number of aryl methyl sites for hydroxylation is 1. The van der Waals surface area contributed by atoms with Crippen LogP contribution in [-0.2, 0) is 26.5 Å². The summed E-state index contributed by atoms with van der Waals surface area (Å²) in [5.41, 5.74) is 1.66. The predicted octanol–water partition coefficient (Wildman–Crippen LogP) is 3.12. The molecule has 0 bridgehead atoms. The summed E-state index contributed by atoms with van der Waals surface area (Å²) in [7, 11) is -7.31. The van der Waals surface area contributed by atoms with Crippen molar-refractivity contribution in [2.45, 2.75) is 36.8 Å². The summed E-state index contributed by atoms with van der Waals surface area (Å²) in [5, 5.41) is -0.580. The Kier molecular flexibility index (Phi) is 5.18. The third-order valence-corrected chi connectivity index (χ3v) is 8.03. The summed E-state index contributed by atoms with van der Waals surface area (Å²) in [4.78, 5) is 0.0151. The molecule has 6 nitrogen and oxygen atoms in total. The van der Waals surface area contributed by atoms with E-state index in [9.17, 15) is 21.2 Å². The van der Waals surface area contributed by atoms with Crippen LogP contribution < -0.4 is 9.03 Å². The smallest absolute Gasteiger partial charge is 0.264 e. The molecule has 0 saturated heterocycles. The largest absolute Gasteiger partial charge is 0.283 e. The fourth-order valence-electron chi connectivity index (χ4n) is 2.89. The third kappa shape index (κ3) is 3.93. The van der Waals surface area contributed by atoms with Crippen LogP contribution in [-0.4, -0.2) is 28.6 Å². The quantitative estimate of drug-likeness (QED) is 0.818. The zero-order valence-electron chi connectivity index (χ0n) is 15.0. The second-order valence-electron chi connectivity index (χ2n) is 6.67. The predicted molar refractivity (Wildman–Crippen MR) is 103 cm³/mol. The SMILES string of the molecule is CC(C)S(=O)(=O)Nc1ccc2c(c1)CCCN2S(=O)(=O)c1ccc(F)cc1. The number of anilines is 2. The van der Waals surface area contributed by atoms with Crippen LogP contribution in [0.3, 0.4) is 0 Å². The lowest BCUT2D eigenvalue weighted by atomic mass is 10.0. The van der Waals surface area contributed by atoms with Crippen LogP contribution in [0, 0.1) is 5.82 Å². The second kappa shape index (κ2) is 7.12. The van der Waals surface area contributed by atoms with Crippen LogP contribution >= 0.6 is 0 Å². The van der Waals surface area contributed by atoms with Gasteiger partial charge >= 0.3 is 0 Å². The minimum atomic E-state index is -3.83. The molecule has 1 heterocycles. The minimum absolute atomic E-state index is 0.0151. The highest BCUT2D eigenvalue weighted by molar-refractivity contribution is 7.93. The first-order valence-corrected chi connectivity index (χ1v) is 11.5. The maximum atomic E-state index is 13.1. The molecule has 1 aliphatic heterocycles. The van der Waals surface area contributed by atoms with Crippen molar-refractivity contribution in [2.24, 2.45) is 0 Å². The van der Waals surface area contributed by atoms with Crippen molar-refractivity contribution < 1.29 is 21.2 Å². The maximum absolute atomic E-state index is 13.1. The fraction of sp³-hybridized carbons (Fsp3) is 0.333. The number of fused-ring (bicyclic) bond motifs is 1. The highest BCUT2D eigenvalue weighted by Gasteiger charge is 2.29. The monoisotopic (exact) mass is 412 g/mol. The van der Waals surface area contributed by atoms with E-state index >= 15 is 0 Å². The van der Waals surface area contributed by atoms with E-state index in [2.05, 4.69) is 4.72 Å². The molecule has 2 aromatic rings. The molecular formula is C18H21FN2O4S2. The molecule has 0 fully saturated rings. The number of hydrogen-bond donors (Lipinski definition) is 1. The van der Waals surface area contributed by atoms with Crippen LogP contribution in [0.1, 0.15) is 25.8 Å². The zero-order chi connectivity index (χ0) is 19.8. The van der Waals surface area contributed by atoms with Crippen LogP contribution in [0.25, 0.3) is 0 Å². The average molecular weight is 413 g/mol. The van der Waals surface area contributed by atoms with Gasteiger partial charge in [-0.05, 0) is 74.7 Å². The number of halogens is 1. The van der Waals surface area contributed by atoms with E-state index in [1.165, 1.54) is 16.4 Å². The van der Waals surface area contributed by atoms with Gasteiger partial charge in [0, 0.05) is 12.2 Å². The molecule has 1 aliphatic rings. The van der Waals surface area contributed by atoms with Gasteiger partial charge < -0.3 is 0 Å². The Hall–Kier alpha value is -2.13. The highest BCUT2D eigenvalue weighted by atomic mass is 32.2. The number of nitrogens with zero attached hydrogens (tertiary/aromatic N) is 1. The van der Waals surface area contributed by atoms with E-state index in [4.69, 9.17) is 0 Å². The van der Waals surface area contributed by atoms with E-state index in [1.807, 2.05) is 0 Å². The fourth-order valence-corrected chi connectivity index (χ4v) is 5.12. The van der Waals surface area contributed by atoms with Gasteiger partial charge in [-0.1, -0.05) is 0 Å². The van der Waals surface area contributed by atoms with E-state index in [-0.39, 0.29) is 4.90 Å². The molecular weight excluding hydrogens is 391 g/mol. The minimum Gasteiger partial charge on any atom is -0.283 e. The van der Waals surface area contributed by atoms with Gasteiger partial charge in [0.1, 0.15) is 5.82 Å². The van der Waals surface area contributed by atoms with Crippen molar-refractivity contribution in [3.8, 4) is 0 Å². The van der Waals surface area contributed by atoms with Crippen molar-refractivity contribution >= 4 is 31.4 Å². The topological polar surface area (TPSA) is 83.6 Å². The molecule has 0 aromatic heterocycles. The summed E-state index contributed by atoms with van der Waals surface area (Å²) in [5.74, 6) is -0.505. The Morgan fingerprint density at radius 2 is 1.70 bits per heavy atom. The standard InChI is InChI=1S/C18H21FN2O4S2/c1-13(2)26(22,23)20-16-7-10-18-14(12-16)4-3-11-21(18)27(24,25)17-8-5-15(19)6-9-17/h5-10,12-13,20H,3-4,11H2,1-2H3. The van der Waals surface area contributed by atoms with Crippen molar-refractivity contribution in [3.63, 3.8) is 0 Å². The molecule has 3 rings (SSSR count). The van der Waals surface area contributed by atoms with Gasteiger partial charge in [0.05, 0.1) is 15.8 Å². The van der Waals surface area contributed by atoms with Crippen LogP contribution in [0.5, 0.6) is 0 Å². The first-order chi connectivity index (χ1) is 12.6. The normalized spacial score (nSPS) is 14.9. The van der Waals surface area contributed by atoms with Gasteiger partial charge in [-0.2, -0.15) is 0 Å². The van der Waals surface area contributed by atoms with E-state index in [1.54, 1.807) is 32.0 Å². The first-order valence-electron chi connectivity index (χ1n) is 8.54. The van der Waals surface area contributed by atoms with Crippen molar-refractivity contribution in [2.75, 3.05) is 15.6 Å². The van der Waals surface area contributed by atoms with Gasteiger partial charge in [-0.15, -0.1) is 0 Å². The van der Waals surface area contributed by atoms with Crippen LogP contribution in [0.2, 0.25) is 0 Å². The van der Waals surface area contributed by atoms with Crippen molar-refractivity contribution in [1.29, 1.82) is 0 Å². The average Bonchev–Trinajstić information content (AvgIpc) is 2.61. The Morgan fingerprint density at radius 3 is 2.33 bits per heavy atom. The number of rotatable bonds is 5. The number of nitrogens with one attached hydrogen (secondary N) is 1. The molecule has 27 heavy (non-hydrogen) atoms. The molecule has 0 atom stereocenters. The second-order valence-corrected chi connectivity index (χ2v) is 10.8. The van der Waals surface area contributed by atoms with Crippen molar-refractivity contribution in [3.05, 3.63) is 53.8 Å². The number of hydrogen-bond acceptors (Lipinski definition) is 4. The molecule has 2 aromatic carbocycles. The summed E-state index contributed by atoms with van der Waals surface area (Å²) in [6.45, 7) is 3.47. The third-order valence-electron chi connectivity index (χ3n) is 4.44. The van der Waals surface area contributed by atoms with Crippen LogP contribution in [0.4, 0.5) is 15.8 Å². The molecule has 1 N–H and O–H groups in total. The summed E-state index contributed by atoms with van der Waals surface area (Å²) in [6.07, 6.45) is 1.25. The lowest BCUT2D eigenvalue weighted by Gasteiger charge is -2.31. The summed E-state index contributed by atoms with van der Waals surface area (Å²) >= 11 is 0. The Balaban J connectivity index is 1.96. The lowest BCUT2D eigenvalue weighted by Crippen LogP contribution is -2.35. The highest BCUT2D eigenvalue weighted by Crippen LogP contribution is 2.34. The molecule has 0 unspecified atom stereocenters. The van der Waals surface area contributed by atoms with Gasteiger partial charge in [0.25, 0.3) is 10.0 Å². The zero-order valence-corrected chi connectivity index (χ0v) is 16.6. The van der Waals surface area contributed by atoms with Gasteiger partial charge in [-0.25, -0.2) is 21.2 Å².